The normalized spacial score (nSPS) is 9.47. The smallest absolute Gasteiger partial charge is 0.308 e. The minimum atomic E-state index is -0.264. The van der Waals surface area contributed by atoms with E-state index in [1.165, 1.54) is 7.11 Å². The molecule has 0 amide bonds. The van der Waals surface area contributed by atoms with Crippen LogP contribution in [-0.4, -0.2) is 26.7 Å². The molecule has 0 saturated heterocycles. The van der Waals surface area contributed by atoms with Gasteiger partial charge in [0.05, 0.1) is 20.1 Å². The number of benzene rings is 1. The molecule has 15 heavy (non-hydrogen) atoms. The van der Waals surface area contributed by atoms with Crippen molar-refractivity contribution in [2.75, 3.05) is 26.1 Å². The highest BCUT2D eigenvalue weighted by atomic mass is 16.5. The molecule has 0 aliphatic heterocycles. The maximum atomic E-state index is 10.8. The maximum absolute atomic E-state index is 10.8. The fraction of sp³-hybridized carbons (Fsp3) is 0.364. The van der Waals surface area contributed by atoms with Crippen molar-refractivity contribution in [2.45, 2.75) is 6.42 Å². The number of carbonyl (C=O) groups is 1. The van der Waals surface area contributed by atoms with E-state index in [1.807, 2.05) is 31.3 Å². The first-order chi connectivity index (χ1) is 7.26. The molecule has 82 valence electrons. The summed E-state index contributed by atoms with van der Waals surface area (Å²) in [6.07, 6.45) is 0.264. The van der Waals surface area contributed by atoms with Crippen molar-refractivity contribution in [1.29, 1.82) is 0 Å². The third kappa shape index (κ3) is 3.89. The van der Waals surface area contributed by atoms with Crippen LogP contribution in [0.1, 0.15) is 6.42 Å². The van der Waals surface area contributed by atoms with E-state index in [2.05, 4.69) is 10.1 Å². The minimum absolute atomic E-state index is 0.264. The molecule has 0 atom stereocenters. The van der Waals surface area contributed by atoms with Gasteiger partial charge in [-0.15, -0.1) is 0 Å². The van der Waals surface area contributed by atoms with Crippen molar-refractivity contribution in [2.24, 2.45) is 0 Å². The molecule has 1 N–H and O–H groups in total. The van der Waals surface area contributed by atoms with Crippen molar-refractivity contribution in [3.8, 4) is 5.75 Å². The molecule has 0 radical (unpaired) electrons. The van der Waals surface area contributed by atoms with Gasteiger partial charge >= 0.3 is 5.97 Å². The average molecular weight is 209 g/mol. The predicted octanol–water partition coefficient (Wildman–Crippen LogP) is 1.67. The first kappa shape index (κ1) is 11.4. The molecule has 0 saturated carbocycles. The van der Waals surface area contributed by atoms with Crippen molar-refractivity contribution < 1.29 is 14.3 Å². The molecule has 0 spiro atoms. The zero-order chi connectivity index (χ0) is 11.1. The van der Waals surface area contributed by atoms with E-state index in [1.54, 1.807) is 0 Å². The topological polar surface area (TPSA) is 47.6 Å². The Balaban J connectivity index is 2.40. The molecule has 0 aliphatic rings. The summed E-state index contributed by atoms with van der Waals surface area (Å²) >= 11 is 0. The van der Waals surface area contributed by atoms with Gasteiger partial charge in [-0.1, -0.05) is 6.07 Å². The second-order valence-corrected chi connectivity index (χ2v) is 2.95. The lowest BCUT2D eigenvalue weighted by Gasteiger charge is -2.06. The SMILES string of the molecule is CNc1cccc(OCCC(=O)OC)c1. The lowest BCUT2D eigenvalue weighted by atomic mass is 10.3. The maximum Gasteiger partial charge on any atom is 0.308 e. The zero-order valence-corrected chi connectivity index (χ0v) is 8.95. The van der Waals surface area contributed by atoms with E-state index in [4.69, 9.17) is 4.74 Å². The number of ether oxygens (including phenoxy) is 2. The van der Waals surface area contributed by atoms with Crippen molar-refractivity contribution >= 4 is 11.7 Å². The Morgan fingerprint density at radius 2 is 2.27 bits per heavy atom. The van der Waals surface area contributed by atoms with Gasteiger partial charge in [0.1, 0.15) is 5.75 Å². The van der Waals surface area contributed by atoms with Gasteiger partial charge in [0.15, 0.2) is 0 Å². The van der Waals surface area contributed by atoms with E-state index in [-0.39, 0.29) is 12.4 Å². The summed E-state index contributed by atoms with van der Waals surface area (Å²) in [6, 6.07) is 7.54. The molecule has 4 nitrogen and oxygen atoms in total. The molecule has 0 unspecified atom stereocenters. The van der Waals surface area contributed by atoms with Crippen LogP contribution in [0.4, 0.5) is 5.69 Å². The lowest BCUT2D eigenvalue weighted by Crippen LogP contribution is -2.07. The third-order valence-corrected chi connectivity index (χ3v) is 1.93. The van der Waals surface area contributed by atoms with Crippen LogP contribution in [-0.2, 0) is 9.53 Å². The Morgan fingerprint density at radius 1 is 1.47 bits per heavy atom. The van der Waals surface area contributed by atoms with E-state index in [0.29, 0.717) is 6.61 Å². The highest BCUT2D eigenvalue weighted by molar-refractivity contribution is 5.69. The summed E-state index contributed by atoms with van der Waals surface area (Å²) in [5.74, 6) is 0.477. The van der Waals surface area contributed by atoms with Gasteiger partial charge in [-0.25, -0.2) is 0 Å². The van der Waals surface area contributed by atoms with Gasteiger partial charge in [-0.05, 0) is 12.1 Å². The van der Waals surface area contributed by atoms with Gasteiger partial charge in [-0.3, -0.25) is 4.79 Å². The number of nitrogens with one attached hydrogen (secondary N) is 1. The molecule has 0 heterocycles. The molecule has 1 rings (SSSR count). The summed E-state index contributed by atoms with van der Waals surface area (Å²) in [6.45, 7) is 0.333. The minimum Gasteiger partial charge on any atom is -0.493 e. The van der Waals surface area contributed by atoms with Crippen LogP contribution in [0, 0.1) is 0 Å². The van der Waals surface area contributed by atoms with Crippen LogP contribution in [0.25, 0.3) is 0 Å². The van der Waals surface area contributed by atoms with Crippen LogP contribution in [0.15, 0.2) is 24.3 Å². The quantitative estimate of drug-likeness (QED) is 0.749. The number of esters is 1. The molecule has 4 heteroatoms. The Labute approximate surface area is 89.2 Å². The van der Waals surface area contributed by atoms with Gasteiger partial charge in [0.25, 0.3) is 0 Å². The van der Waals surface area contributed by atoms with Crippen molar-refractivity contribution in [3.05, 3.63) is 24.3 Å². The molecule has 1 aromatic rings. The Kier molecular flexibility index (Phi) is 4.47. The molecular weight excluding hydrogens is 194 g/mol. The molecule has 0 aromatic heterocycles. The zero-order valence-electron chi connectivity index (χ0n) is 8.95. The van der Waals surface area contributed by atoms with Crippen LogP contribution in [0.5, 0.6) is 5.75 Å². The van der Waals surface area contributed by atoms with Crippen LogP contribution < -0.4 is 10.1 Å². The summed E-state index contributed by atoms with van der Waals surface area (Å²) in [7, 11) is 3.21. The summed E-state index contributed by atoms with van der Waals surface area (Å²) in [5.41, 5.74) is 0.977. The van der Waals surface area contributed by atoms with Gasteiger partial charge in [0.2, 0.25) is 0 Å². The highest BCUT2D eigenvalue weighted by Gasteiger charge is 2.00. The van der Waals surface area contributed by atoms with Crippen molar-refractivity contribution in [3.63, 3.8) is 0 Å². The fourth-order valence-corrected chi connectivity index (χ4v) is 1.10. The largest absolute Gasteiger partial charge is 0.493 e. The Bertz CT molecular complexity index is 325. The van der Waals surface area contributed by atoms with Gasteiger partial charge in [-0.2, -0.15) is 0 Å². The molecule has 0 fully saturated rings. The Hall–Kier alpha value is -1.71. The van der Waals surface area contributed by atoms with Gasteiger partial charge < -0.3 is 14.8 Å². The number of anilines is 1. The van der Waals surface area contributed by atoms with Crippen LogP contribution >= 0.6 is 0 Å². The monoisotopic (exact) mass is 209 g/mol. The van der Waals surface area contributed by atoms with E-state index in [9.17, 15) is 4.79 Å². The number of hydrogen-bond acceptors (Lipinski definition) is 4. The summed E-state index contributed by atoms with van der Waals surface area (Å²) in [4.78, 5) is 10.8. The number of carbonyl (C=O) groups excluding carboxylic acids is 1. The lowest BCUT2D eigenvalue weighted by molar-refractivity contribution is -0.141. The molecule has 0 bridgehead atoms. The summed E-state index contributed by atoms with van der Waals surface area (Å²) in [5, 5.41) is 3.01. The number of hydrogen-bond donors (Lipinski definition) is 1. The fourth-order valence-electron chi connectivity index (χ4n) is 1.10. The highest BCUT2D eigenvalue weighted by Crippen LogP contribution is 2.16. The molecule has 1 aromatic carbocycles. The van der Waals surface area contributed by atoms with Gasteiger partial charge in [0, 0.05) is 18.8 Å². The molecule has 0 aliphatic carbocycles. The van der Waals surface area contributed by atoms with E-state index < -0.39 is 0 Å². The molecular formula is C11H15NO3. The average Bonchev–Trinajstić information content (AvgIpc) is 2.29. The number of rotatable bonds is 5. The van der Waals surface area contributed by atoms with Crippen LogP contribution in [0.3, 0.4) is 0 Å². The standard InChI is InChI=1S/C11H15NO3/c1-12-9-4-3-5-10(8-9)15-7-6-11(13)14-2/h3-5,8,12H,6-7H2,1-2H3. The third-order valence-electron chi connectivity index (χ3n) is 1.93. The summed E-state index contributed by atoms with van der Waals surface area (Å²) < 4.78 is 9.88. The first-order valence-corrected chi connectivity index (χ1v) is 4.73. The first-order valence-electron chi connectivity index (χ1n) is 4.73. The number of methoxy groups -OCH3 is 1. The predicted molar refractivity (Wildman–Crippen MR) is 58.1 cm³/mol. The van der Waals surface area contributed by atoms with E-state index in [0.717, 1.165) is 11.4 Å². The van der Waals surface area contributed by atoms with E-state index >= 15 is 0 Å². The van der Waals surface area contributed by atoms with Crippen LogP contribution in [0.2, 0.25) is 0 Å². The Morgan fingerprint density at radius 3 is 2.93 bits per heavy atom. The van der Waals surface area contributed by atoms with Crippen molar-refractivity contribution in [1.82, 2.24) is 0 Å². The second-order valence-electron chi connectivity index (χ2n) is 2.95. The second kappa shape index (κ2) is 5.90.